The van der Waals surface area contributed by atoms with E-state index in [1.165, 1.54) is 11.1 Å². The number of carbonyl (C=O) groups is 1. The Morgan fingerprint density at radius 2 is 1.79 bits per heavy atom. The SMILES string of the molecule is O=C(O)CON=C1C2CCC1Cc1ccccc1C2. The molecule has 1 aromatic carbocycles. The molecule has 0 aliphatic heterocycles. The van der Waals surface area contributed by atoms with Gasteiger partial charge in [-0.1, -0.05) is 29.4 Å². The molecule has 2 aliphatic rings. The van der Waals surface area contributed by atoms with Crippen molar-refractivity contribution in [3.63, 3.8) is 0 Å². The van der Waals surface area contributed by atoms with Gasteiger partial charge in [-0.05, 0) is 36.8 Å². The summed E-state index contributed by atoms with van der Waals surface area (Å²) in [6, 6.07) is 8.53. The van der Waals surface area contributed by atoms with Crippen molar-refractivity contribution in [2.24, 2.45) is 17.0 Å². The van der Waals surface area contributed by atoms with Crippen molar-refractivity contribution in [3.05, 3.63) is 35.4 Å². The highest BCUT2D eigenvalue weighted by molar-refractivity contribution is 5.91. The first kappa shape index (κ1) is 12.2. The highest BCUT2D eigenvalue weighted by atomic mass is 16.6. The third kappa shape index (κ3) is 2.48. The van der Waals surface area contributed by atoms with Crippen molar-refractivity contribution in [2.45, 2.75) is 25.7 Å². The fourth-order valence-corrected chi connectivity index (χ4v) is 3.24. The molecule has 0 heterocycles. The number of rotatable bonds is 3. The molecule has 1 N–H and O–H groups in total. The van der Waals surface area contributed by atoms with Crippen LogP contribution in [0, 0.1) is 11.8 Å². The molecule has 1 fully saturated rings. The molecular formula is C15H17NO3. The second-order valence-corrected chi connectivity index (χ2v) is 5.33. The largest absolute Gasteiger partial charge is 0.479 e. The van der Waals surface area contributed by atoms with Crippen molar-refractivity contribution >= 4 is 11.7 Å². The van der Waals surface area contributed by atoms with E-state index in [1.54, 1.807) is 0 Å². The molecule has 2 unspecified atom stereocenters. The molecule has 0 radical (unpaired) electrons. The zero-order valence-electron chi connectivity index (χ0n) is 10.7. The summed E-state index contributed by atoms with van der Waals surface area (Å²) in [5.41, 5.74) is 3.87. The summed E-state index contributed by atoms with van der Waals surface area (Å²) < 4.78 is 0. The summed E-state index contributed by atoms with van der Waals surface area (Å²) in [6.07, 6.45) is 4.27. The van der Waals surface area contributed by atoms with Gasteiger partial charge in [0.15, 0.2) is 0 Å². The lowest BCUT2D eigenvalue weighted by Gasteiger charge is -2.11. The van der Waals surface area contributed by atoms with Crippen LogP contribution in [-0.2, 0) is 22.5 Å². The minimum atomic E-state index is -0.978. The third-order valence-electron chi connectivity index (χ3n) is 4.11. The van der Waals surface area contributed by atoms with Crippen LogP contribution in [0.3, 0.4) is 0 Å². The summed E-state index contributed by atoms with van der Waals surface area (Å²) in [5, 5.41) is 12.7. The average Bonchev–Trinajstić information content (AvgIpc) is 2.65. The summed E-state index contributed by atoms with van der Waals surface area (Å²) in [7, 11) is 0. The Hall–Kier alpha value is -1.84. The molecule has 2 aliphatic carbocycles. The van der Waals surface area contributed by atoms with Crippen molar-refractivity contribution < 1.29 is 14.7 Å². The number of hydrogen-bond donors (Lipinski definition) is 1. The number of fused-ring (bicyclic) bond motifs is 3. The standard InChI is InChI=1S/C15H17NO3/c17-14(18)9-19-16-15-12-5-6-13(15)8-11-4-2-1-3-10(11)7-12/h1-4,12-13H,5-9H2,(H,17,18). The summed E-state index contributed by atoms with van der Waals surface area (Å²) in [6.45, 7) is -0.351. The van der Waals surface area contributed by atoms with E-state index in [4.69, 9.17) is 9.94 Å². The summed E-state index contributed by atoms with van der Waals surface area (Å²) in [5.74, 6) is -0.140. The van der Waals surface area contributed by atoms with Crippen LogP contribution in [0.2, 0.25) is 0 Å². The van der Waals surface area contributed by atoms with Crippen LogP contribution in [0.4, 0.5) is 0 Å². The number of nitrogens with zero attached hydrogens (tertiary/aromatic N) is 1. The molecule has 4 heteroatoms. The van der Waals surface area contributed by atoms with E-state index < -0.39 is 5.97 Å². The number of aliphatic carboxylic acids is 1. The zero-order chi connectivity index (χ0) is 13.2. The molecule has 19 heavy (non-hydrogen) atoms. The Morgan fingerprint density at radius 3 is 2.32 bits per heavy atom. The van der Waals surface area contributed by atoms with Crippen LogP contribution in [0.5, 0.6) is 0 Å². The predicted octanol–water partition coefficient (Wildman–Crippen LogP) is 2.27. The first-order chi connectivity index (χ1) is 9.24. The predicted molar refractivity (Wildman–Crippen MR) is 71.1 cm³/mol. The van der Waals surface area contributed by atoms with Crippen molar-refractivity contribution in [3.8, 4) is 0 Å². The van der Waals surface area contributed by atoms with Crippen LogP contribution in [0.15, 0.2) is 29.4 Å². The van der Waals surface area contributed by atoms with Crippen molar-refractivity contribution in [2.75, 3.05) is 6.61 Å². The second kappa shape index (κ2) is 5.03. The van der Waals surface area contributed by atoms with E-state index in [-0.39, 0.29) is 6.61 Å². The van der Waals surface area contributed by atoms with E-state index in [2.05, 4.69) is 29.4 Å². The van der Waals surface area contributed by atoms with Gasteiger partial charge in [0.2, 0.25) is 6.61 Å². The highest BCUT2D eigenvalue weighted by Crippen LogP contribution is 2.37. The van der Waals surface area contributed by atoms with Gasteiger partial charge < -0.3 is 9.94 Å². The number of benzene rings is 1. The zero-order valence-corrected chi connectivity index (χ0v) is 10.7. The van der Waals surface area contributed by atoms with Gasteiger partial charge in [0, 0.05) is 11.8 Å². The quantitative estimate of drug-likeness (QED) is 0.847. The minimum absolute atomic E-state index is 0.351. The Morgan fingerprint density at radius 1 is 1.21 bits per heavy atom. The monoisotopic (exact) mass is 259 g/mol. The summed E-state index contributed by atoms with van der Waals surface area (Å²) in [4.78, 5) is 15.4. The van der Waals surface area contributed by atoms with Gasteiger partial charge in [-0.2, -0.15) is 0 Å². The van der Waals surface area contributed by atoms with Crippen LogP contribution in [0.1, 0.15) is 24.0 Å². The van der Waals surface area contributed by atoms with E-state index in [1.807, 2.05) is 0 Å². The molecule has 1 saturated carbocycles. The second-order valence-electron chi connectivity index (χ2n) is 5.33. The maximum atomic E-state index is 10.5. The maximum absolute atomic E-state index is 10.5. The molecule has 0 amide bonds. The Balaban J connectivity index is 1.81. The molecule has 3 rings (SSSR count). The number of hydrogen-bond acceptors (Lipinski definition) is 3. The maximum Gasteiger partial charge on any atom is 0.344 e. The van der Waals surface area contributed by atoms with Crippen LogP contribution in [-0.4, -0.2) is 23.4 Å². The molecule has 2 bridgehead atoms. The van der Waals surface area contributed by atoms with Crippen molar-refractivity contribution in [1.82, 2.24) is 0 Å². The van der Waals surface area contributed by atoms with Crippen LogP contribution >= 0.6 is 0 Å². The molecule has 2 atom stereocenters. The third-order valence-corrected chi connectivity index (χ3v) is 4.11. The van der Waals surface area contributed by atoms with Crippen LogP contribution < -0.4 is 0 Å². The topological polar surface area (TPSA) is 58.9 Å². The van der Waals surface area contributed by atoms with E-state index in [0.717, 1.165) is 31.4 Å². The van der Waals surface area contributed by atoms with Gasteiger partial charge in [-0.15, -0.1) is 0 Å². The highest BCUT2D eigenvalue weighted by Gasteiger charge is 2.36. The fraction of sp³-hybridized carbons (Fsp3) is 0.467. The molecule has 100 valence electrons. The number of carboxylic acid groups (broad SMARTS) is 1. The average molecular weight is 259 g/mol. The van der Waals surface area contributed by atoms with E-state index in [0.29, 0.717) is 11.8 Å². The molecule has 0 aromatic heterocycles. The lowest BCUT2D eigenvalue weighted by Crippen LogP contribution is -2.16. The van der Waals surface area contributed by atoms with Crippen molar-refractivity contribution in [1.29, 1.82) is 0 Å². The normalized spacial score (nSPS) is 24.5. The lowest BCUT2D eigenvalue weighted by atomic mass is 9.94. The Kier molecular flexibility index (Phi) is 3.23. The Labute approximate surface area is 112 Å². The van der Waals surface area contributed by atoms with Gasteiger partial charge in [0.05, 0.1) is 5.71 Å². The lowest BCUT2D eigenvalue weighted by molar-refractivity contribution is -0.142. The number of oxime groups is 1. The molecule has 0 spiro atoms. The molecule has 1 aromatic rings. The smallest absolute Gasteiger partial charge is 0.344 e. The molecule has 4 nitrogen and oxygen atoms in total. The fourth-order valence-electron chi connectivity index (χ4n) is 3.24. The van der Waals surface area contributed by atoms with Gasteiger partial charge in [-0.25, -0.2) is 4.79 Å². The molecular weight excluding hydrogens is 242 g/mol. The minimum Gasteiger partial charge on any atom is -0.479 e. The van der Waals surface area contributed by atoms with E-state index >= 15 is 0 Å². The number of carboxylic acids is 1. The first-order valence-corrected chi connectivity index (χ1v) is 6.72. The van der Waals surface area contributed by atoms with Gasteiger partial charge in [0.1, 0.15) is 0 Å². The van der Waals surface area contributed by atoms with Gasteiger partial charge in [-0.3, -0.25) is 0 Å². The van der Waals surface area contributed by atoms with E-state index in [9.17, 15) is 4.79 Å². The first-order valence-electron chi connectivity index (χ1n) is 6.72. The van der Waals surface area contributed by atoms with Gasteiger partial charge in [0.25, 0.3) is 0 Å². The summed E-state index contributed by atoms with van der Waals surface area (Å²) >= 11 is 0. The Bertz CT molecular complexity index is 489. The molecule has 0 saturated heterocycles. The van der Waals surface area contributed by atoms with Crippen LogP contribution in [0.25, 0.3) is 0 Å². The van der Waals surface area contributed by atoms with Gasteiger partial charge >= 0.3 is 5.97 Å².